The molecule has 0 spiro atoms. The minimum Gasteiger partial charge on any atom is -0.379 e. The molecule has 0 saturated carbocycles. The summed E-state index contributed by atoms with van der Waals surface area (Å²) in [6.45, 7) is 6.87. The lowest BCUT2D eigenvalue weighted by Gasteiger charge is -2.30. The van der Waals surface area contributed by atoms with Crippen LogP contribution in [0.2, 0.25) is 0 Å². The highest BCUT2D eigenvalue weighted by molar-refractivity contribution is 5.87. The van der Waals surface area contributed by atoms with E-state index in [-0.39, 0.29) is 11.8 Å². The molecule has 2 aromatic rings. The molecule has 166 valence electrons. The third-order valence-corrected chi connectivity index (χ3v) is 5.66. The standard InChI is InChI=1S/C25H33N3O3/c1-21(25(30)26-14-15-27-16-18-31-19-17-27)28(20-23-10-6-3-7-11-23)24(29)13-12-22-8-4-2-5-9-22/h2-11,21H,12-20H2,1H3,(H,26,30)/t21-/m0/s1. The van der Waals surface area contributed by atoms with Crippen LogP contribution in [0, 0.1) is 0 Å². The molecule has 2 amide bonds. The van der Waals surface area contributed by atoms with Gasteiger partial charge in [-0.15, -0.1) is 0 Å². The van der Waals surface area contributed by atoms with E-state index in [2.05, 4.69) is 10.2 Å². The summed E-state index contributed by atoms with van der Waals surface area (Å²) in [7, 11) is 0. The molecule has 0 radical (unpaired) electrons. The third-order valence-electron chi connectivity index (χ3n) is 5.66. The summed E-state index contributed by atoms with van der Waals surface area (Å²) < 4.78 is 5.36. The normalized spacial score (nSPS) is 15.3. The van der Waals surface area contributed by atoms with Gasteiger partial charge in [-0.2, -0.15) is 0 Å². The van der Waals surface area contributed by atoms with Gasteiger partial charge in [-0.25, -0.2) is 0 Å². The molecular weight excluding hydrogens is 390 g/mol. The number of morpholine rings is 1. The van der Waals surface area contributed by atoms with Gasteiger partial charge in [-0.3, -0.25) is 14.5 Å². The van der Waals surface area contributed by atoms with Crippen LogP contribution in [0.15, 0.2) is 60.7 Å². The van der Waals surface area contributed by atoms with Crippen molar-refractivity contribution in [2.45, 2.75) is 32.4 Å². The number of ether oxygens (including phenoxy) is 1. The fourth-order valence-electron chi connectivity index (χ4n) is 3.71. The van der Waals surface area contributed by atoms with Gasteiger partial charge >= 0.3 is 0 Å². The fourth-order valence-corrected chi connectivity index (χ4v) is 3.71. The molecule has 2 aromatic carbocycles. The Labute approximate surface area is 185 Å². The van der Waals surface area contributed by atoms with Gasteiger partial charge in [-0.1, -0.05) is 60.7 Å². The Morgan fingerprint density at radius 3 is 2.26 bits per heavy atom. The lowest BCUT2D eigenvalue weighted by molar-refractivity contribution is -0.140. The summed E-state index contributed by atoms with van der Waals surface area (Å²) in [6, 6.07) is 19.3. The monoisotopic (exact) mass is 423 g/mol. The van der Waals surface area contributed by atoms with Gasteiger partial charge in [0, 0.05) is 39.1 Å². The van der Waals surface area contributed by atoms with Crippen molar-refractivity contribution in [2.24, 2.45) is 0 Å². The van der Waals surface area contributed by atoms with Gasteiger partial charge < -0.3 is 15.0 Å². The smallest absolute Gasteiger partial charge is 0.242 e. The van der Waals surface area contributed by atoms with Crippen LogP contribution in [-0.4, -0.2) is 67.0 Å². The van der Waals surface area contributed by atoms with Gasteiger partial charge in [0.25, 0.3) is 0 Å². The van der Waals surface area contributed by atoms with E-state index in [0.717, 1.165) is 44.0 Å². The number of benzene rings is 2. The van der Waals surface area contributed by atoms with Crippen molar-refractivity contribution in [3.63, 3.8) is 0 Å². The van der Waals surface area contributed by atoms with Crippen LogP contribution in [0.3, 0.4) is 0 Å². The molecule has 1 heterocycles. The van der Waals surface area contributed by atoms with Crippen molar-refractivity contribution in [3.05, 3.63) is 71.8 Å². The average molecular weight is 424 g/mol. The van der Waals surface area contributed by atoms with Crippen LogP contribution >= 0.6 is 0 Å². The Bertz CT molecular complexity index is 807. The van der Waals surface area contributed by atoms with Crippen LogP contribution in [0.25, 0.3) is 0 Å². The van der Waals surface area contributed by atoms with E-state index in [1.165, 1.54) is 0 Å². The van der Waals surface area contributed by atoms with Crippen molar-refractivity contribution in [1.82, 2.24) is 15.1 Å². The molecule has 0 unspecified atom stereocenters. The highest BCUT2D eigenvalue weighted by Crippen LogP contribution is 2.13. The Balaban J connectivity index is 1.58. The van der Waals surface area contributed by atoms with E-state index >= 15 is 0 Å². The predicted molar refractivity (Wildman–Crippen MR) is 121 cm³/mol. The number of rotatable bonds is 10. The topological polar surface area (TPSA) is 61.9 Å². The molecule has 0 aliphatic carbocycles. The molecule has 1 fully saturated rings. The minimum absolute atomic E-state index is 0.0106. The second-order valence-corrected chi connectivity index (χ2v) is 7.91. The largest absolute Gasteiger partial charge is 0.379 e. The maximum absolute atomic E-state index is 13.1. The molecule has 6 nitrogen and oxygen atoms in total. The Morgan fingerprint density at radius 1 is 1.00 bits per heavy atom. The van der Waals surface area contributed by atoms with Gasteiger partial charge in [0.2, 0.25) is 11.8 Å². The van der Waals surface area contributed by atoms with Crippen LogP contribution in [0.4, 0.5) is 0 Å². The average Bonchev–Trinajstić information content (AvgIpc) is 2.82. The molecule has 1 aliphatic rings. The van der Waals surface area contributed by atoms with Crippen LogP contribution in [0.1, 0.15) is 24.5 Å². The lowest BCUT2D eigenvalue weighted by Crippen LogP contribution is -2.49. The first-order chi connectivity index (χ1) is 15.1. The van der Waals surface area contributed by atoms with Crippen molar-refractivity contribution in [2.75, 3.05) is 39.4 Å². The first-order valence-electron chi connectivity index (χ1n) is 11.1. The number of hydrogen-bond donors (Lipinski definition) is 1. The Kier molecular flexibility index (Phi) is 9.06. The SMILES string of the molecule is C[C@@H](C(=O)NCCN1CCOCC1)N(Cc1ccccc1)C(=O)CCc1ccccc1. The van der Waals surface area contributed by atoms with Crippen LogP contribution in [-0.2, 0) is 27.3 Å². The molecule has 1 saturated heterocycles. The number of carbonyl (C=O) groups is 2. The van der Waals surface area contributed by atoms with Gasteiger partial charge in [-0.05, 0) is 24.5 Å². The number of carbonyl (C=O) groups excluding carboxylic acids is 2. The summed E-state index contributed by atoms with van der Waals surface area (Å²) in [4.78, 5) is 29.9. The molecular formula is C25H33N3O3. The summed E-state index contributed by atoms with van der Waals surface area (Å²) in [6.07, 6.45) is 1.04. The predicted octanol–water partition coefficient (Wildman–Crippen LogP) is 2.48. The van der Waals surface area contributed by atoms with Gasteiger partial charge in [0.1, 0.15) is 6.04 Å². The molecule has 1 atom stereocenters. The fraction of sp³-hybridized carbons (Fsp3) is 0.440. The van der Waals surface area contributed by atoms with Crippen molar-refractivity contribution >= 4 is 11.8 Å². The number of hydrogen-bond acceptors (Lipinski definition) is 4. The first-order valence-corrected chi connectivity index (χ1v) is 11.1. The molecule has 1 aliphatic heterocycles. The second-order valence-electron chi connectivity index (χ2n) is 7.91. The molecule has 3 rings (SSSR count). The lowest BCUT2D eigenvalue weighted by atomic mass is 10.1. The maximum Gasteiger partial charge on any atom is 0.242 e. The molecule has 1 N–H and O–H groups in total. The zero-order valence-electron chi connectivity index (χ0n) is 18.3. The summed E-state index contributed by atoms with van der Waals surface area (Å²) in [5, 5.41) is 3.01. The number of nitrogens with zero attached hydrogens (tertiary/aromatic N) is 2. The highest BCUT2D eigenvalue weighted by atomic mass is 16.5. The highest BCUT2D eigenvalue weighted by Gasteiger charge is 2.26. The van der Waals surface area contributed by atoms with Crippen molar-refractivity contribution < 1.29 is 14.3 Å². The minimum atomic E-state index is -0.534. The molecule has 0 aromatic heterocycles. The van der Waals surface area contributed by atoms with Crippen molar-refractivity contribution in [3.8, 4) is 0 Å². The van der Waals surface area contributed by atoms with E-state index < -0.39 is 6.04 Å². The van der Waals surface area contributed by atoms with E-state index in [0.29, 0.717) is 25.9 Å². The number of amides is 2. The van der Waals surface area contributed by atoms with Gasteiger partial charge in [0.05, 0.1) is 13.2 Å². The number of nitrogens with one attached hydrogen (secondary N) is 1. The summed E-state index contributed by atoms with van der Waals surface area (Å²) >= 11 is 0. The van der Waals surface area contributed by atoms with E-state index in [4.69, 9.17) is 4.74 Å². The van der Waals surface area contributed by atoms with E-state index in [9.17, 15) is 9.59 Å². The van der Waals surface area contributed by atoms with Crippen LogP contribution < -0.4 is 5.32 Å². The van der Waals surface area contributed by atoms with Crippen LogP contribution in [0.5, 0.6) is 0 Å². The van der Waals surface area contributed by atoms with E-state index in [1.807, 2.05) is 67.6 Å². The second kappa shape index (κ2) is 12.2. The zero-order chi connectivity index (χ0) is 21.9. The molecule has 6 heteroatoms. The zero-order valence-corrected chi connectivity index (χ0v) is 18.3. The molecule has 31 heavy (non-hydrogen) atoms. The summed E-state index contributed by atoms with van der Waals surface area (Å²) in [5.41, 5.74) is 2.14. The quantitative estimate of drug-likeness (QED) is 0.638. The maximum atomic E-state index is 13.1. The molecule has 0 bridgehead atoms. The Morgan fingerprint density at radius 2 is 1.61 bits per heavy atom. The first kappa shape index (κ1) is 23.0. The van der Waals surface area contributed by atoms with Crippen molar-refractivity contribution in [1.29, 1.82) is 0 Å². The van der Waals surface area contributed by atoms with E-state index in [1.54, 1.807) is 4.90 Å². The summed E-state index contributed by atoms with van der Waals surface area (Å²) in [5.74, 6) is -0.124. The third kappa shape index (κ3) is 7.49. The number of aryl methyl sites for hydroxylation is 1. The van der Waals surface area contributed by atoms with Gasteiger partial charge in [0.15, 0.2) is 0 Å². The Hall–Kier alpha value is -2.70.